The van der Waals surface area contributed by atoms with Crippen molar-refractivity contribution in [2.75, 3.05) is 6.61 Å². The first kappa shape index (κ1) is 17.1. The molecule has 23 heavy (non-hydrogen) atoms. The molecule has 1 heterocycles. The van der Waals surface area contributed by atoms with Crippen molar-refractivity contribution >= 4 is 0 Å². The van der Waals surface area contributed by atoms with E-state index in [1.165, 1.54) is 0 Å². The first-order valence-corrected chi connectivity index (χ1v) is 8.07. The largest absolute Gasteiger partial charge is 0.456 e. The van der Waals surface area contributed by atoms with Crippen LogP contribution in [-0.4, -0.2) is 30.6 Å². The molecule has 2 nitrogen and oxygen atoms in total. The van der Waals surface area contributed by atoms with E-state index in [9.17, 15) is 22.0 Å². The van der Waals surface area contributed by atoms with Crippen molar-refractivity contribution in [3.63, 3.8) is 0 Å². The van der Waals surface area contributed by atoms with Crippen LogP contribution in [0.4, 0.5) is 22.0 Å². The molecule has 0 amide bonds. The van der Waals surface area contributed by atoms with E-state index in [1.54, 1.807) is 6.08 Å². The van der Waals surface area contributed by atoms with Gasteiger partial charge in [0.25, 0.3) is 0 Å². The number of hydrogen-bond acceptors (Lipinski definition) is 2. The molecule has 0 aromatic heterocycles. The Morgan fingerprint density at radius 1 is 1.04 bits per heavy atom. The molecule has 132 valence electrons. The fraction of sp³-hybridized carbons (Fsp3) is 0.875. The molecule has 5 atom stereocenters. The van der Waals surface area contributed by atoms with Gasteiger partial charge in [0.15, 0.2) is 6.29 Å². The number of fused-ring (bicyclic) bond motifs is 2. The van der Waals surface area contributed by atoms with Crippen molar-refractivity contribution in [2.24, 2.45) is 17.8 Å². The second-order valence-corrected chi connectivity index (χ2v) is 6.98. The van der Waals surface area contributed by atoms with Gasteiger partial charge in [0.1, 0.15) is 5.60 Å². The van der Waals surface area contributed by atoms with Gasteiger partial charge < -0.3 is 9.47 Å². The minimum Gasteiger partial charge on any atom is -0.353 e. The summed E-state index contributed by atoms with van der Waals surface area (Å²) in [5.74, 6) is -6.00. The van der Waals surface area contributed by atoms with Crippen molar-refractivity contribution < 1.29 is 31.4 Å². The maximum absolute atomic E-state index is 14.4. The third kappa shape index (κ3) is 2.80. The zero-order valence-electron chi connectivity index (χ0n) is 12.9. The molecule has 0 spiro atoms. The van der Waals surface area contributed by atoms with Gasteiger partial charge in [-0.2, -0.15) is 22.0 Å². The van der Waals surface area contributed by atoms with Crippen LogP contribution in [0.3, 0.4) is 0 Å². The Labute approximate surface area is 132 Å². The van der Waals surface area contributed by atoms with Crippen molar-refractivity contribution in [3.8, 4) is 0 Å². The molecule has 1 aliphatic heterocycles. The fourth-order valence-electron chi connectivity index (χ4n) is 4.17. The van der Waals surface area contributed by atoms with Gasteiger partial charge in [0.05, 0.1) is 0 Å². The highest BCUT2D eigenvalue weighted by molar-refractivity contribution is 5.16. The molecule has 0 aromatic rings. The lowest BCUT2D eigenvalue weighted by molar-refractivity contribution is -0.381. The van der Waals surface area contributed by atoms with Gasteiger partial charge >= 0.3 is 12.1 Å². The zero-order chi connectivity index (χ0) is 16.9. The van der Waals surface area contributed by atoms with Crippen LogP contribution >= 0.6 is 0 Å². The van der Waals surface area contributed by atoms with Crippen molar-refractivity contribution in [3.05, 3.63) is 12.2 Å². The van der Waals surface area contributed by atoms with Gasteiger partial charge in [-0.05, 0) is 50.9 Å². The number of allylic oxidation sites excluding steroid dienone is 2. The van der Waals surface area contributed by atoms with Gasteiger partial charge in [0, 0.05) is 12.5 Å². The summed E-state index contributed by atoms with van der Waals surface area (Å²) in [4.78, 5) is 0. The average molecular weight is 340 g/mol. The molecule has 2 aliphatic carbocycles. The minimum absolute atomic E-state index is 0.0734. The fourth-order valence-corrected chi connectivity index (χ4v) is 4.17. The molecule has 3 aliphatic rings. The standard InChI is InChI=1S/C16H21F5O2/c1-14(15(17,18)16(19,20)21,23-13-4-2-3-7-22-13)12-9-10-5-6-11(12)8-10/h5-6,10-13H,2-4,7-9H2,1H3. The molecule has 2 fully saturated rings. The van der Waals surface area contributed by atoms with Crippen LogP contribution < -0.4 is 0 Å². The highest BCUT2D eigenvalue weighted by Crippen LogP contribution is 2.57. The summed E-state index contributed by atoms with van der Waals surface area (Å²) in [6.45, 7) is 1.24. The van der Waals surface area contributed by atoms with Gasteiger partial charge in [-0.15, -0.1) is 0 Å². The zero-order valence-corrected chi connectivity index (χ0v) is 12.9. The molecule has 1 saturated heterocycles. The lowest BCUT2D eigenvalue weighted by Gasteiger charge is -2.46. The number of rotatable bonds is 4. The van der Waals surface area contributed by atoms with E-state index in [4.69, 9.17) is 9.47 Å². The average Bonchev–Trinajstić information content (AvgIpc) is 3.09. The summed E-state index contributed by atoms with van der Waals surface area (Å²) in [6.07, 6.45) is -0.233. The van der Waals surface area contributed by atoms with E-state index >= 15 is 0 Å². The Morgan fingerprint density at radius 3 is 2.26 bits per heavy atom. The summed E-state index contributed by atoms with van der Waals surface area (Å²) in [7, 11) is 0. The molecule has 7 heteroatoms. The lowest BCUT2D eigenvalue weighted by Crippen LogP contribution is -2.62. The molecular weight excluding hydrogens is 319 g/mol. The number of ether oxygens (including phenoxy) is 2. The predicted octanol–water partition coefficient (Wildman–Crippen LogP) is 4.70. The van der Waals surface area contributed by atoms with Crippen molar-refractivity contribution in [2.45, 2.75) is 63.0 Å². The van der Waals surface area contributed by atoms with E-state index < -0.39 is 29.9 Å². The minimum atomic E-state index is -5.65. The summed E-state index contributed by atoms with van der Waals surface area (Å²) in [5, 5.41) is 0. The van der Waals surface area contributed by atoms with Gasteiger partial charge in [-0.25, -0.2) is 0 Å². The second kappa shape index (κ2) is 5.69. The number of hydrogen-bond donors (Lipinski definition) is 0. The SMILES string of the molecule is CC(OC1CCCCO1)(C1CC2C=CC1C2)C(F)(F)C(F)(F)F. The molecule has 5 unspecified atom stereocenters. The van der Waals surface area contributed by atoms with E-state index in [1.807, 2.05) is 6.08 Å². The van der Waals surface area contributed by atoms with Crippen LogP contribution in [-0.2, 0) is 9.47 Å². The van der Waals surface area contributed by atoms with E-state index in [-0.39, 0.29) is 11.8 Å². The van der Waals surface area contributed by atoms with Gasteiger partial charge in [-0.1, -0.05) is 12.2 Å². The van der Waals surface area contributed by atoms with Crippen LogP contribution in [0.5, 0.6) is 0 Å². The Balaban J connectivity index is 1.90. The molecule has 0 N–H and O–H groups in total. The molecule has 0 aromatic carbocycles. The smallest absolute Gasteiger partial charge is 0.353 e. The Bertz CT molecular complexity index is 470. The molecule has 3 rings (SSSR count). The normalized spacial score (nSPS) is 37.1. The summed E-state index contributed by atoms with van der Waals surface area (Å²) in [6, 6.07) is 0. The van der Waals surface area contributed by atoms with E-state index in [0.717, 1.165) is 13.3 Å². The van der Waals surface area contributed by atoms with E-state index in [2.05, 4.69) is 0 Å². The Morgan fingerprint density at radius 2 is 1.78 bits per heavy atom. The monoisotopic (exact) mass is 340 g/mol. The lowest BCUT2D eigenvalue weighted by atomic mass is 9.75. The highest BCUT2D eigenvalue weighted by atomic mass is 19.4. The Hall–Kier alpha value is -0.690. The first-order valence-electron chi connectivity index (χ1n) is 8.07. The Kier molecular flexibility index (Phi) is 4.24. The quantitative estimate of drug-likeness (QED) is 0.546. The van der Waals surface area contributed by atoms with Crippen molar-refractivity contribution in [1.82, 2.24) is 0 Å². The second-order valence-electron chi connectivity index (χ2n) is 6.98. The van der Waals surface area contributed by atoms with Crippen molar-refractivity contribution in [1.29, 1.82) is 0 Å². The summed E-state index contributed by atoms with van der Waals surface area (Å²) < 4.78 is 78.7. The predicted molar refractivity (Wildman–Crippen MR) is 72.9 cm³/mol. The maximum atomic E-state index is 14.4. The number of halogens is 5. The summed E-state index contributed by atoms with van der Waals surface area (Å²) in [5.41, 5.74) is -2.61. The summed E-state index contributed by atoms with van der Waals surface area (Å²) >= 11 is 0. The van der Waals surface area contributed by atoms with Gasteiger partial charge in [0.2, 0.25) is 0 Å². The third-order valence-electron chi connectivity index (χ3n) is 5.48. The maximum Gasteiger partial charge on any atom is 0.456 e. The molecule has 0 radical (unpaired) electrons. The molecular formula is C16H21F5O2. The van der Waals surface area contributed by atoms with E-state index in [0.29, 0.717) is 32.3 Å². The number of alkyl halides is 5. The van der Waals surface area contributed by atoms with Crippen LogP contribution in [0, 0.1) is 17.8 Å². The third-order valence-corrected chi connectivity index (χ3v) is 5.48. The van der Waals surface area contributed by atoms with Crippen LogP contribution in [0.25, 0.3) is 0 Å². The van der Waals surface area contributed by atoms with Crippen LogP contribution in [0.15, 0.2) is 12.2 Å². The molecule has 1 saturated carbocycles. The van der Waals surface area contributed by atoms with Gasteiger partial charge in [-0.3, -0.25) is 0 Å². The van der Waals surface area contributed by atoms with Crippen LogP contribution in [0.2, 0.25) is 0 Å². The topological polar surface area (TPSA) is 18.5 Å². The highest BCUT2D eigenvalue weighted by Gasteiger charge is 2.73. The molecule has 2 bridgehead atoms. The first-order chi connectivity index (χ1) is 10.6. The van der Waals surface area contributed by atoms with Crippen LogP contribution in [0.1, 0.15) is 39.0 Å².